The van der Waals surface area contributed by atoms with Gasteiger partial charge in [-0.2, -0.15) is 0 Å². The van der Waals surface area contributed by atoms with Gasteiger partial charge in [0.2, 0.25) is 16.3 Å². The fourth-order valence-electron chi connectivity index (χ4n) is 19.6. The van der Waals surface area contributed by atoms with E-state index in [1.165, 1.54) is 54.6 Å². The van der Waals surface area contributed by atoms with Crippen molar-refractivity contribution in [3.63, 3.8) is 0 Å². The summed E-state index contributed by atoms with van der Waals surface area (Å²) in [6.07, 6.45) is 11.0. The van der Waals surface area contributed by atoms with Crippen molar-refractivity contribution < 1.29 is 54.9 Å². The fourth-order valence-corrected chi connectivity index (χ4v) is 19.6. The van der Waals surface area contributed by atoms with Gasteiger partial charge in [0.05, 0.1) is 0 Å². The summed E-state index contributed by atoms with van der Waals surface area (Å²) >= 11 is 0. The molecule has 3 aromatic heterocycles. The highest BCUT2D eigenvalue weighted by Crippen LogP contribution is 2.60. The third kappa shape index (κ3) is 12.9. The molecular formula is C99H89F6N9O9. The average Bonchev–Trinajstić information content (AvgIpc) is 1.54. The Morgan fingerprint density at radius 2 is 0.699 bits per heavy atom. The minimum Gasteiger partial charge on any atom is -0.482 e. The number of rotatable bonds is 15. The highest BCUT2D eigenvalue weighted by Gasteiger charge is 2.61. The predicted octanol–water partition coefficient (Wildman–Crippen LogP) is 16.6. The smallest absolute Gasteiger partial charge is 0.277 e. The second-order valence-corrected chi connectivity index (χ2v) is 31.1. The lowest BCUT2D eigenvalue weighted by Gasteiger charge is -2.50. The molecule has 0 saturated heterocycles. The number of benzene rings is 9. The van der Waals surface area contributed by atoms with E-state index < -0.39 is 67.8 Å². The average molecular weight is 1660 g/mol. The van der Waals surface area contributed by atoms with Crippen molar-refractivity contribution in [2.75, 3.05) is 54.7 Å². The molecule has 3 amide bonds. The second kappa shape index (κ2) is 32.2. The van der Waals surface area contributed by atoms with Gasteiger partial charge in [-0.25, -0.2) is 26.3 Å². The number of ether oxygens (including phenoxy) is 3. The minimum absolute atomic E-state index is 0. The lowest BCUT2D eigenvalue weighted by atomic mass is 9.81. The SMILES string of the molecule is C.C.C.CCN1CN(C23C(=Cc4cc(F)c(F)cc42)Cc2ccccc23)n2ccc(=O)c(OCc3ccccc3)c2C1=O.CCN1CN(C23C(=Cc4ccccc42)Cc2cc(F)c(F)cc23)n2ccc(=O)c(OCc3ccccc3)c2C1=O.CCN1CN(C23c4ccccc4CC2Cc2cc(F)c(F)cc23)n2ccc(=O)c(OCc3ccccc3)c2C1=O. The lowest BCUT2D eigenvalue weighted by molar-refractivity contribution is 0.0651. The zero-order valence-corrected chi connectivity index (χ0v) is 65.4. The van der Waals surface area contributed by atoms with E-state index in [4.69, 9.17) is 14.2 Å². The topological polar surface area (TPSA) is 164 Å². The van der Waals surface area contributed by atoms with Crippen LogP contribution in [0.5, 0.6) is 17.2 Å². The van der Waals surface area contributed by atoms with Crippen LogP contribution in [-0.4, -0.2) is 86.1 Å². The molecule has 18 nitrogen and oxygen atoms in total. The molecule has 0 radical (unpaired) electrons. The van der Waals surface area contributed by atoms with Gasteiger partial charge < -0.3 is 28.9 Å². The van der Waals surface area contributed by atoms with Gasteiger partial charge in [0.25, 0.3) is 17.7 Å². The Balaban J connectivity index is 0.000000135. The molecule has 0 spiro atoms. The van der Waals surface area contributed by atoms with Crippen molar-refractivity contribution in [1.82, 2.24) is 28.7 Å². The van der Waals surface area contributed by atoms with Crippen molar-refractivity contribution in [2.45, 2.75) is 105 Å². The van der Waals surface area contributed by atoms with E-state index in [2.05, 4.69) is 12.1 Å². The van der Waals surface area contributed by atoms with Crippen LogP contribution in [0.2, 0.25) is 0 Å². The number of carbonyl (C=O) groups excluding carboxylic acids is 3. The first kappa shape index (κ1) is 82.8. The van der Waals surface area contributed by atoms with Gasteiger partial charge in [0.15, 0.2) is 69.2 Å². The van der Waals surface area contributed by atoms with E-state index in [1.54, 1.807) is 47.3 Å². The molecule has 9 aliphatic rings. The van der Waals surface area contributed by atoms with E-state index in [-0.39, 0.29) is 120 Å². The van der Waals surface area contributed by atoms with E-state index >= 15 is 0 Å². The maximum atomic E-state index is 14.9. The Hall–Kier alpha value is -13.9. The fraction of sp³-hybridized carbons (Fsp3) is 0.232. The van der Waals surface area contributed by atoms with Crippen LogP contribution in [0.1, 0.15) is 158 Å². The molecule has 0 saturated carbocycles. The number of hydrogen-bond donors (Lipinski definition) is 0. The Bertz CT molecular complexity index is 6370. The molecule has 12 aromatic rings. The highest BCUT2D eigenvalue weighted by molar-refractivity contribution is 5.98. The van der Waals surface area contributed by atoms with Crippen LogP contribution in [0.3, 0.4) is 0 Å². The third-order valence-electron chi connectivity index (χ3n) is 24.9. The monoisotopic (exact) mass is 1660 g/mol. The molecule has 21 rings (SSSR count). The molecule has 0 N–H and O–H groups in total. The van der Waals surface area contributed by atoms with Crippen LogP contribution in [0.4, 0.5) is 26.3 Å². The quantitative estimate of drug-likeness (QED) is 0.0894. The maximum absolute atomic E-state index is 14.9. The van der Waals surface area contributed by atoms with Crippen LogP contribution < -0.4 is 45.5 Å². The molecule has 626 valence electrons. The van der Waals surface area contributed by atoms with Gasteiger partial charge in [-0.05, 0) is 177 Å². The van der Waals surface area contributed by atoms with Crippen molar-refractivity contribution >= 4 is 29.9 Å². The lowest BCUT2D eigenvalue weighted by Crippen LogP contribution is -2.63. The first-order valence-electron chi connectivity index (χ1n) is 39.9. The third-order valence-corrected chi connectivity index (χ3v) is 24.9. The van der Waals surface area contributed by atoms with E-state index in [0.717, 1.165) is 73.2 Å². The number of amides is 3. The van der Waals surface area contributed by atoms with Gasteiger partial charge in [0, 0.05) is 62.3 Å². The summed E-state index contributed by atoms with van der Waals surface area (Å²) in [6.45, 7) is 7.62. The molecule has 0 bridgehead atoms. The van der Waals surface area contributed by atoms with Gasteiger partial charge in [-0.15, -0.1) is 0 Å². The van der Waals surface area contributed by atoms with Crippen molar-refractivity contribution in [2.24, 2.45) is 5.92 Å². The van der Waals surface area contributed by atoms with Crippen LogP contribution >= 0.6 is 0 Å². The number of aromatic nitrogens is 3. The van der Waals surface area contributed by atoms with Crippen LogP contribution in [0.25, 0.3) is 12.2 Å². The Morgan fingerprint density at radius 3 is 1.19 bits per heavy atom. The number of fused-ring (bicyclic) bond motifs is 18. The predicted molar refractivity (Wildman–Crippen MR) is 459 cm³/mol. The standard InChI is InChI=1S/C32H27F2N3O3.2C32H25F2N3O3.3CH4/c3*1-2-35-19-37(36-13-12-28(38)30(29(36)31(35)39)40-18-20-8-4-3-5-9-20)32-23(14-21-10-6-7-11-24(21)32)15-22-16-26(33)27(34)17-25(22)32;;;/h3-13,16-17,23H,2,14-15,18-19H2,1H3;3-13,15-17H,2,14,18-19H2,1H3;3-14,16-17H,2,15,18-19H2,1H3;3*1H4. The Kier molecular flexibility index (Phi) is 21.7. The van der Waals surface area contributed by atoms with Gasteiger partial charge in [0.1, 0.15) is 56.4 Å². The van der Waals surface area contributed by atoms with Crippen LogP contribution in [-0.2, 0) is 62.1 Å². The van der Waals surface area contributed by atoms with Gasteiger partial charge >= 0.3 is 0 Å². The number of hydrogen-bond acceptors (Lipinski definition) is 12. The highest BCUT2D eigenvalue weighted by atomic mass is 19.2. The number of carbonyl (C=O) groups is 3. The summed E-state index contributed by atoms with van der Waals surface area (Å²) in [5.41, 5.74) is 10.5. The largest absolute Gasteiger partial charge is 0.482 e. The molecule has 4 atom stereocenters. The van der Waals surface area contributed by atoms with Crippen LogP contribution in [0, 0.1) is 40.8 Å². The summed E-state index contributed by atoms with van der Waals surface area (Å²) in [4.78, 5) is 85.8. The molecule has 6 aliphatic carbocycles. The summed E-state index contributed by atoms with van der Waals surface area (Å²) in [5.74, 6) is -6.60. The zero-order valence-electron chi connectivity index (χ0n) is 65.4. The molecule has 6 heterocycles. The van der Waals surface area contributed by atoms with Crippen molar-refractivity contribution in [3.8, 4) is 17.2 Å². The summed E-state index contributed by atoms with van der Waals surface area (Å²) in [7, 11) is 0. The summed E-state index contributed by atoms with van der Waals surface area (Å²) in [5, 5.41) is 5.99. The van der Waals surface area contributed by atoms with E-state index in [0.29, 0.717) is 66.7 Å². The minimum atomic E-state index is -1.02. The molecular weight excluding hydrogens is 1570 g/mol. The van der Waals surface area contributed by atoms with E-state index in [1.807, 2.05) is 200 Å². The summed E-state index contributed by atoms with van der Waals surface area (Å²) < 4.78 is 111. The number of pyridine rings is 3. The normalized spacial score (nSPS) is 18.9. The molecule has 3 aliphatic heterocycles. The van der Waals surface area contributed by atoms with Crippen molar-refractivity contribution in [1.29, 1.82) is 0 Å². The molecule has 0 fully saturated rings. The molecule has 24 heteroatoms. The number of nitrogens with zero attached hydrogens (tertiary/aromatic N) is 9. The first-order chi connectivity index (χ1) is 58.3. The molecule has 123 heavy (non-hydrogen) atoms. The molecule has 9 aromatic carbocycles. The van der Waals surface area contributed by atoms with Gasteiger partial charge in [-0.3, -0.25) is 57.8 Å². The zero-order chi connectivity index (χ0) is 82.8. The van der Waals surface area contributed by atoms with Crippen molar-refractivity contribution in [3.05, 3.63) is 414 Å². The maximum Gasteiger partial charge on any atom is 0.277 e. The summed E-state index contributed by atoms with van der Waals surface area (Å²) in [6, 6.07) is 63.9. The number of halogens is 6. The first-order valence-corrected chi connectivity index (χ1v) is 39.9. The molecule has 4 unspecified atom stereocenters. The second-order valence-electron chi connectivity index (χ2n) is 31.1. The van der Waals surface area contributed by atoms with Crippen LogP contribution in [0.15, 0.2) is 263 Å². The Morgan fingerprint density at radius 1 is 0.341 bits per heavy atom. The van der Waals surface area contributed by atoms with E-state index in [9.17, 15) is 55.1 Å². The van der Waals surface area contributed by atoms with Gasteiger partial charge in [-0.1, -0.05) is 198 Å². The Labute approximate surface area is 707 Å².